The lowest BCUT2D eigenvalue weighted by Crippen LogP contribution is -2.21. The molecule has 0 saturated heterocycles. The first kappa shape index (κ1) is 13.5. The van der Waals surface area contributed by atoms with Crippen LogP contribution in [0.15, 0.2) is 6.07 Å². The van der Waals surface area contributed by atoms with Crippen molar-refractivity contribution in [3.63, 3.8) is 0 Å². The predicted molar refractivity (Wildman–Crippen MR) is 78.3 cm³/mol. The molecule has 0 fully saturated rings. The smallest absolute Gasteiger partial charge is 0.226 e. The summed E-state index contributed by atoms with van der Waals surface area (Å²) < 4.78 is 0. The Kier molecular flexibility index (Phi) is 3.80. The zero-order valence-electron chi connectivity index (χ0n) is 11.9. The lowest BCUT2D eigenvalue weighted by molar-refractivity contribution is 0.425. The third kappa shape index (κ3) is 3.08. The largest absolute Gasteiger partial charge is 0.383 e. The van der Waals surface area contributed by atoms with Gasteiger partial charge in [0.05, 0.1) is 5.39 Å². The fourth-order valence-electron chi connectivity index (χ4n) is 1.98. The second-order valence-electron chi connectivity index (χ2n) is 4.94. The van der Waals surface area contributed by atoms with E-state index < -0.39 is 0 Å². The number of nitrogens with two attached hydrogens (primary N) is 1. The van der Waals surface area contributed by atoms with Crippen molar-refractivity contribution in [1.29, 1.82) is 0 Å². The van der Waals surface area contributed by atoms with E-state index in [1.54, 1.807) is 0 Å². The van der Waals surface area contributed by atoms with Crippen LogP contribution in [0, 0.1) is 13.8 Å². The van der Waals surface area contributed by atoms with Crippen LogP contribution in [-0.2, 0) is 0 Å². The average Bonchev–Trinajstić information content (AvgIpc) is 2.26. The first-order valence-electron chi connectivity index (χ1n) is 6.27. The summed E-state index contributed by atoms with van der Waals surface area (Å²) >= 11 is 0. The maximum absolute atomic E-state index is 6.00. The third-order valence-electron chi connectivity index (χ3n) is 2.86. The molecule has 0 unspecified atom stereocenters. The predicted octanol–water partition coefficient (Wildman–Crippen LogP) is 1.20. The van der Waals surface area contributed by atoms with Crippen molar-refractivity contribution in [3.8, 4) is 0 Å². The molecule has 0 bridgehead atoms. The van der Waals surface area contributed by atoms with Crippen molar-refractivity contribution >= 4 is 22.8 Å². The van der Waals surface area contributed by atoms with Crippen molar-refractivity contribution in [2.24, 2.45) is 0 Å². The van der Waals surface area contributed by atoms with Crippen LogP contribution >= 0.6 is 0 Å². The molecule has 0 saturated carbocycles. The molecule has 2 heterocycles. The molecule has 0 aliphatic carbocycles. The van der Waals surface area contributed by atoms with Crippen molar-refractivity contribution < 1.29 is 0 Å². The fraction of sp³-hybridized carbons (Fsp3) is 0.462. The van der Waals surface area contributed by atoms with E-state index in [4.69, 9.17) is 5.73 Å². The highest BCUT2D eigenvalue weighted by molar-refractivity contribution is 5.89. The number of aryl methyl sites for hydroxylation is 2. The van der Waals surface area contributed by atoms with Gasteiger partial charge in [-0.2, -0.15) is 9.97 Å². The minimum absolute atomic E-state index is 0.474. The van der Waals surface area contributed by atoms with Crippen LogP contribution in [-0.4, -0.2) is 47.0 Å². The van der Waals surface area contributed by atoms with Gasteiger partial charge in [-0.05, 0) is 39.6 Å². The summed E-state index contributed by atoms with van der Waals surface area (Å²) in [5, 5.41) is 4.00. The molecule has 0 amide bonds. The molecule has 2 rings (SSSR count). The van der Waals surface area contributed by atoms with E-state index in [1.807, 2.05) is 34.0 Å². The molecule has 102 valence electrons. The fourth-order valence-corrected chi connectivity index (χ4v) is 1.98. The van der Waals surface area contributed by atoms with Gasteiger partial charge in [0.1, 0.15) is 5.82 Å². The summed E-state index contributed by atoms with van der Waals surface area (Å²) in [6.07, 6.45) is 0. The summed E-state index contributed by atoms with van der Waals surface area (Å²) in [5.41, 5.74) is 8.64. The Morgan fingerprint density at radius 3 is 2.63 bits per heavy atom. The lowest BCUT2D eigenvalue weighted by atomic mass is 10.1. The van der Waals surface area contributed by atoms with Crippen LogP contribution < -0.4 is 11.1 Å². The summed E-state index contributed by atoms with van der Waals surface area (Å²) in [5.74, 6) is 1.01. The number of fused-ring (bicyclic) bond motifs is 1. The maximum Gasteiger partial charge on any atom is 0.226 e. The van der Waals surface area contributed by atoms with Gasteiger partial charge in [-0.15, -0.1) is 0 Å². The van der Waals surface area contributed by atoms with Crippen LogP contribution in [0.2, 0.25) is 0 Å². The topological polar surface area (TPSA) is 80.0 Å². The molecular weight excluding hydrogens is 240 g/mol. The molecule has 6 nitrogen and oxygen atoms in total. The molecule has 2 aromatic heterocycles. The first-order chi connectivity index (χ1) is 8.97. The van der Waals surface area contributed by atoms with Crippen molar-refractivity contribution in [2.45, 2.75) is 13.8 Å². The van der Waals surface area contributed by atoms with Crippen molar-refractivity contribution in [3.05, 3.63) is 17.3 Å². The zero-order valence-corrected chi connectivity index (χ0v) is 11.9. The highest BCUT2D eigenvalue weighted by Crippen LogP contribution is 2.22. The zero-order chi connectivity index (χ0) is 14.0. The molecule has 0 aliphatic rings. The van der Waals surface area contributed by atoms with E-state index in [1.165, 1.54) is 0 Å². The number of pyridine rings is 1. The van der Waals surface area contributed by atoms with Gasteiger partial charge in [-0.1, -0.05) is 0 Å². The minimum Gasteiger partial charge on any atom is -0.383 e. The Morgan fingerprint density at radius 1 is 1.21 bits per heavy atom. The van der Waals surface area contributed by atoms with E-state index in [0.29, 0.717) is 17.4 Å². The summed E-state index contributed by atoms with van der Waals surface area (Å²) in [6.45, 7) is 5.62. The Hall–Kier alpha value is -1.95. The van der Waals surface area contributed by atoms with Crippen molar-refractivity contribution in [2.75, 3.05) is 38.2 Å². The maximum atomic E-state index is 6.00. The molecule has 2 aromatic rings. The molecule has 0 radical (unpaired) electrons. The number of aromatic nitrogens is 3. The second-order valence-corrected chi connectivity index (χ2v) is 4.94. The van der Waals surface area contributed by atoms with Gasteiger partial charge in [0, 0.05) is 18.8 Å². The van der Waals surface area contributed by atoms with E-state index in [2.05, 4.69) is 25.2 Å². The van der Waals surface area contributed by atoms with Crippen molar-refractivity contribution in [1.82, 2.24) is 19.9 Å². The molecule has 0 spiro atoms. The van der Waals surface area contributed by atoms with Crippen LogP contribution in [0.1, 0.15) is 11.3 Å². The third-order valence-corrected chi connectivity index (χ3v) is 2.86. The number of nitrogens with one attached hydrogen (secondary N) is 1. The van der Waals surface area contributed by atoms with E-state index in [-0.39, 0.29) is 0 Å². The Balaban J connectivity index is 2.33. The molecule has 3 N–H and O–H groups in total. The van der Waals surface area contributed by atoms with Crippen LogP contribution in [0.5, 0.6) is 0 Å². The Morgan fingerprint density at radius 2 is 1.95 bits per heavy atom. The van der Waals surface area contributed by atoms with E-state index in [0.717, 1.165) is 29.7 Å². The normalized spacial score (nSPS) is 11.2. The first-order valence-corrected chi connectivity index (χ1v) is 6.27. The molecule has 0 aromatic carbocycles. The minimum atomic E-state index is 0.474. The number of hydrogen-bond donors (Lipinski definition) is 2. The van der Waals surface area contributed by atoms with E-state index >= 15 is 0 Å². The van der Waals surface area contributed by atoms with Gasteiger partial charge in [-0.25, -0.2) is 4.98 Å². The van der Waals surface area contributed by atoms with Gasteiger partial charge in [0.2, 0.25) is 5.95 Å². The monoisotopic (exact) mass is 260 g/mol. The van der Waals surface area contributed by atoms with Gasteiger partial charge in [0.15, 0.2) is 5.65 Å². The standard InChI is InChI=1S/C13H20N6/c1-8-7-9(2)16-12-10(8)11(14)17-13(18-12)15-5-6-19(3)4/h7H,5-6H2,1-4H3,(H3,14,15,16,17,18). The van der Waals surface area contributed by atoms with Gasteiger partial charge in [0.25, 0.3) is 0 Å². The number of rotatable bonds is 4. The highest BCUT2D eigenvalue weighted by Gasteiger charge is 2.09. The molecular formula is C13H20N6. The number of hydrogen-bond acceptors (Lipinski definition) is 6. The molecule has 19 heavy (non-hydrogen) atoms. The summed E-state index contributed by atoms with van der Waals surface area (Å²) in [7, 11) is 4.04. The summed E-state index contributed by atoms with van der Waals surface area (Å²) in [4.78, 5) is 15.2. The SMILES string of the molecule is Cc1cc(C)c2c(N)nc(NCCN(C)C)nc2n1. The van der Waals surface area contributed by atoms with Crippen LogP contribution in [0.4, 0.5) is 11.8 Å². The Labute approximate surface area is 113 Å². The average molecular weight is 260 g/mol. The molecule has 6 heteroatoms. The highest BCUT2D eigenvalue weighted by atomic mass is 15.2. The molecule has 0 atom stereocenters. The van der Waals surface area contributed by atoms with Gasteiger partial charge in [-0.3, -0.25) is 0 Å². The van der Waals surface area contributed by atoms with Gasteiger partial charge < -0.3 is 16.0 Å². The number of nitrogen functional groups attached to an aromatic ring is 1. The second kappa shape index (κ2) is 5.36. The van der Waals surface area contributed by atoms with E-state index in [9.17, 15) is 0 Å². The number of nitrogens with zero attached hydrogens (tertiary/aromatic N) is 4. The van der Waals surface area contributed by atoms with Gasteiger partial charge >= 0.3 is 0 Å². The number of likely N-dealkylation sites (N-methyl/N-ethyl adjacent to an activating group) is 1. The number of anilines is 2. The Bertz CT molecular complexity index is 593. The molecule has 0 aliphatic heterocycles. The summed E-state index contributed by atoms with van der Waals surface area (Å²) in [6, 6.07) is 1.99. The van der Waals surface area contributed by atoms with Crippen LogP contribution in [0.3, 0.4) is 0 Å². The lowest BCUT2D eigenvalue weighted by Gasteiger charge is -2.12. The van der Waals surface area contributed by atoms with Crippen LogP contribution in [0.25, 0.3) is 11.0 Å². The quantitative estimate of drug-likeness (QED) is 0.859.